The maximum atomic E-state index is 13.2. The number of nitrogens with one attached hydrogen (secondary N) is 3. The quantitative estimate of drug-likeness (QED) is 0.490. The molecule has 0 unspecified atom stereocenters. The molecule has 7 nitrogen and oxygen atoms in total. The average Bonchev–Trinajstić information content (AvgIpc) is 2.74. The lowest BCUT2D eigenvalue weighted by Gasteiger charge is -2.11. The first-order valence-electron chi connectivity index (χ1n) is 8.95. The minimum atomic E-state index is -4.01. The Morgan fingerprint density at radius 3 is 2.39 bits per heavy atom. The average molecular weight is 462 g/mol. The smallest absolute Gasteiger partial charge is 0.269 e. The molecular formula is C21H17ClFN3O4S. The second kappa shape index (κ2) is 9.59. The van der Waals surface area contributed by atoms with E-state index in [4.69, 9.17) is 11.6 Å². The summed E-state index contributed by atoms with van der Waals surface area (Å²) in [5.41, 5.74) is 5.05. The van der Waals surface area contributed by atoms with E-state index in [1.807, 2.05) is 0 Å². The van der Waals surface area contributed by atoms with Gasteiger partial charge in [0, 0.05) is 5.56 Å². The Kier molecular flexibility index (Phi) is 6.88. The van der Waals surface area contributed by atoms with E-state index in [0.29, 0.717) is 5.56 Å². The van der Waals surface area contributed by atoms with Gasteiger partial charge >= 0.3 is 0 Å². The van der Waals surface area contributed by atoms with Crippen LogP contribution in [0.5, 0.6) is 0 Å². The van der Waals surface area contributed by atoms with E-state index in [9.17, 15) is 22.4 Å². The molecule has 3 aromatic carbocycles. The maximum Gasteiger partial charge on any atom is 0.269 e. The van der Waals surface area contributed by atoms with Crippen molar-refractivity contribution in [2.75, 3.05) is 4.72 Å². The van der Waals surface area contributed by atoms with Crippen molar-refractivity contribution in [2.24, 2.45) is 0 Å². The molecule has 0 saturated heterocycles. The van der Waals surface area contributed by atoms with Crippen molar-refractivity contribution in [3.05, 3.63) is 94.8 Å². The molecule has 0 heterocycles. The first-order valence-corrected chi connectivity index (χ1v) is 10.8. The third-order valence-corrected chi connectivity index (χ3v) is 5.79. The molecule has 0 spiro atoms. The lowest BCUT2D eigenvalue weighted by Crippen LogP contribution is -2.42. The summed E-state index contributed by atoms with van der Waals surface area (Å²) in [6.07, 6.45) is -0.145. The largest absolute Gasteiger partial charge is 0.278 e. The van der Waals surface area contributed by atoms with E-state index >= 15 is 0 Å². The number of carbonyl (C=O) groups is 2. The topological polar surface area (TPSA) is 104 Å². The molecular weight excluding hydrogens is 445 g/mol. The number of amides is 2. The summed E-state index contributed by atoms with van der Waals surface area (Å²) in [5.74, 6) is -1.76. The number of hydrogen-bond acceptors (Lipinski definition) is 4. The number of hydrogen-bond donors (Lipinski definition) is 3. The van der Waals surface area contributed by atoms with E-state index in [-0.39, 0.29) is 27.6 Å². The van der Waals surface area contributed by atoms with Gasteiger partial charge in [0.2, 0.25) is 5.91 Å². The maximum absolute atomic E-state index is 13.2. The van der Waals surface area contributed by atoms with Crippen LogP contribution in [0.4, 0.5) is 10.1 Å². The van der Waals surface area contributed by atoms with Crippen LogP contribution in [0.25, 0.3) is 0 Å². The Bertz CT molecular complexity index is 1230. The Morgan fingerprint density at radius 1 is 0.903 bits per heavy atom. The summed E-state index contributed by atoms with van der Waals surface area (Å²) in [6, 6.07) is 17.1. The van der Waals surface area contributed by atoms with Crippen LogP contribution in [0.15, 0.2) is 77.7 Å². The highest BCUT2D eigenvalue weighted by Crippen LogP contribution is 2.24. The predicted molar refractivity (Wildman–Crippen MR) is 114 cm³/mol. The molecule has 3 rings (SSSR count). The number of anilines is 1. The summed E-state index contributed by atoms with van der Waals surface area (Å²) < 4.78 is 40.8. The molecule has 3 N–H and O–H groups in total. The van der Waals surface area contributed by atoms with Gasteiger partial charge in [0.05, 0.1) is 22.0 Å². The third-order valence-electron chi connectivity index (χ3n) is 4.09. The Balaban J connectivity index is 1.65. The molecule has 0 atom stereocenters. The number of hydrazine groups is 1. The highest BCUT2D eigenvalue weighted by atomic mass is 35.5. The van der Waals surface area contributed by atoms with Gasteiger partial charge in [-0.25, -0.2) is 12.8 Å². The second-order valence-corrected chi connectivity index (χ2v) is 8.51. The molecule has 0 bridgehead atoms. The molecule has 2 amide bonds. The van der Waals surface area contributed by atoms with Crippen LogP contribution in [-0.4, -0.2) is 20.2 Å². The van der Waals surface area contributed by atoms with Crippen LogP contribution in [0.3, 0.4) is 0 Å². The van der Waals surface area contributed by atoms with E-state index in [1.54, 1.807) is 18.2 Å². The summed E-state index contributed by atoms with van der Waals surface area (Å²) >= 11 is 5.98. The van der Waals surface area contributed by atoms with Crippen LogP contribution in [-0.2, 0) is 21.2 Å². The predicted octanol–water partition coefficient (Wildman–Crippen LogP) is 3.28. The summed E-state index contributed by atoms with van der Waals surface area (Å²) in [5, 5.41) is 0.223. The normalized spacial score (nSPS) is 10.9. The zero-order chi connectivity index (χ0) is 22.4. The van der Waals surface area contributed by atoms with Crippen molar-refractivity contribution >= 4 is 39.1 Å². The number of para-hydroxylation sites is 1. The van der Waals surface area contributed by atoms with Crippen LogP contribution in [0, 0.1) is 5.82 Å². The summed E-state index contributed by atoms with van der Waals surface area (Å²) in [7, 11) is -4.01. The van der Waals surface area contributed by atoms with Gasteiger partial charge in [0.15, 0.2) is 0 Å². The van der Waals surface area contributed by atoms with Crippen molar-refractivity contribution in [3.63, 3.8) is 0 Å². The molecule has 0 aliphatic heterocycles. The van der Waals surface area contributed by atoms with E-state index in [2.05, 4.69) is 15.6 Å². The van der Waals surface area contributed by atoms with Crippen molar-refractivity contribution in [2.45, 2.75) is 11.3 Å². The highest BCUT2D eigenvalue weighted by molar-refractivity contribution is 7.92. The van der Waals surface area contributed by atoms with Crippen molar-refractivity contribution in [1.29, 1.82) is 0 Å². The standard InChI is InChI=1S/C21H17ClFN3O4S/c22-18-9-1-2-10-19(18)26-31(29,30)17-8-4-6-15(13-17)21(28)25-24-20(27)12-14-5-3-7-16(23)11-14/h1-11,13,26H,12H2,(H,24,27)(H,25,28). The van der Waals surface area contributed by atoms with Crippen LogP contribution in [0.1, 0.15) is 15.9 Å². The molecule has 160 valence electrons. The Hall–Kier alpha value is -3.43. The molecule has 0 aromatic heterocycles. The number of rotatable bonds is 6. The Labute approximate surface area is 183 Å². The molecule has 10 heteroatoms. The van der Waals surface area contributed by atoms with Crippen molar-refractivity contribution in [1.82, 2.24) is 10.9 Å². The number of carbonyl (C=O) groups excluding carboxylic acids is 2. The van der Waals surface area contributed by atoms with Gasteiger partial charge in [0.25, 0.3) is 15.9 Å². The zero-order valence-electron chi connectivity index (χ0n) is 15.9. The summed E-state index contributed by atoms with van der Waals surface area (Å²) in [6.45, 7) is 0. The minimum Gasteiger partial charge on any atom is -0.278 e. The molecule has 31 heavy (non-hydrogen) atoms. The van der Waals surface area contributed by atoms with Gasteiger partial charge < -0.3 is 0 Å². The van der Waals surface area contributed by atoms with E-state index in [1.165, 1.54) is 48.5 Å². The molecule has 0 aliphatic rings. The van der Waals surface area contributed by atoms with Crippen molar-refractivity contribution < 1.29 is 22.4 Å². The lowest BCUT2D eigenvalue weighted by atomic mass is 10.1. The van der Waals surface area contributed by atoms with Crippen LogP contribution >= 0.6 is 11.6 Å². The van der Waals surface area contributed by atoms with Gasteiger partial charge in [0.1, 0.15) is 5.82 Å². The molecule has 0 fully saturated rings. The monoisotopic (exact) mass is 461 g/mol. The van der Waals surface area contributed by atoms with Gasteiger partial charge in [-0.3, -0.25) is 25.2 Å². The van der Waals surface area contributed by atoms with Crippen LogP contribution in [0.2, 0.25) is 5.02 Å². The van der Waals surface area contributed by atoms with Gasteiger partial charge in [-0.05, 0) is 48.0 Å². The van der Waals surface area contributed by atoms with Crippen molar-refractivity contribution in [3.8, 4) is 0 Å². The van der Waals surface area contributed by atoms with Gasteiger partial charge in [-0.2, -0.15) is 0 Å². The fourth-order valence-corrected chi connectivity index (χ4v) is 3.99. The summed E-state index contributed by atoms with van der Waals surface area (Å²) in [4.78, 5) is 24.1. The number of halogens is 2. The van der Waals surface area contributed by atoms with E-state index in [0.717, 1.165) is 6.07 Å². The van der Waals surface area contributed by atoms with Gasteiger partial charge in [-0.1, -0.05) is 41.9 Å². The van der Waals surface area contributed by atoms with E-state index < -0.39 is 27.7 Å². The molecule has 0 aliphatic carbocycles. The molecule has 0 saturated carbocycles. The lowest BCUT2D eigenvalue weighted by molar-refractivity contribution is -0.121. The third kappa shape index (κ3) is 6.03. The SMILES string of the molecule is O=C(Cc1cccc(F)c1)NNC(=O)c1cccc(S(=O)(=O)Nc2ccccc2Cl)c1. The zero-order valence-corrected chi connectivity index (χ0v) is 17.5. The molecule has 3 aromatic rings. The second-order valence-electron chi connectivity index (χ2n) is 6.42. The Morgan fingerprint density at radius 2 is 1.65 bits per heavy atom. The highest BCUT2D eigenvalue weighted by Gasteiger charge is 2.18. The molecule has 0 radical (unpaired) electrons. The first kappa shape index (κ1) is 22.3. The first-order chi connectivity index (χ1) is 14.7. The minimum absolute atomic E-state index is 0.00749. The van der Waals surface area contributed by atoms with Gasteiger partial charge in [-0.15, -0.1) is 0 Å². The number of benzene rings is 3. The van der Waals surface area contributed by atoms with Crippen LogP contribution < -0.4 is 15.6 Å². The number of sulfonamides is 1. The fourth-order valence-electron chi connectivity index (χ4n) is 2.63. The fraction of sp³-hybridized carbons (Fsp3) is 0.0476.